The van der Waals surface area contributed by atoms with E-state index < -0.39 is 16.9 Å². The van der Waals surface area contributed by atoms with Crippen LogP contribution in [0.4, 0.5) is 5.95 Å². The first-order valence-corrected chi connectivity index (χ1v) is 7.29. The van der Waals surface area contributed by atoms with Crippen LogP contribution in [0.1, 0.15) is 33.4 Å². The Balaban J connectivity index is 2.29. The molecular formula is C15H20N4O4. The molecule has 0 aliphatic heterocycles. The molecule has 2 heterocycles. The molecule has 2 rings (SSSR count). The lowest BCUT2D eigenvalue weighted by atomic mass is 9.96. The molecule has 1 amide bonds. The lowest BCUT2D eigenvalue weighted by molar-refractivity contribution is -0.142. The molecule has 8 nitrogen and oxygen atoms in total. The van der Waals surface area contributed by atoms with Gasteiger partial charge in [0.2, 0.25) is 11.9 Å². The number of esters is 1. The van der Waals surface area contributed by atoms with Crippen molar-refractivity contribution in [2.75, 3.05) is 11.9 Å². The predicted molar refractivity (Wildman–Crippen MR) is 85.1 cm³/mol. The molecule has 23 heavy (non-hydrogen) atoms. The quantitative estimate of drug-likeness (QED) is 0.735. The Morgan fingerprint density at radius 3 is 2.61 bits per heavy atom. The van der Waals surface area contributed by atoms with E-state index in [4.69, 9.17) is 4.74 Å². The number of aromatic nitrogens is 3. The number of nitrogens with zero attached hydrogens (tertiary/aromatic N) is 1. The van der Waals surface area contributed by atoms with Crippen molar-refractivity contribution in [2.24, 2.45) is 5.41 Å². The first-order valence-electron chi connectivity index (χ1n) is 7.29. The number of aromatic amines is 2. The first kappa shape index (κ1) is 16.7. The second kappa shape index (κ2) is 6.23. The van der Waals surface area contributed by atoms with Gasteiger partial charge in [-0.25, -0.2) is 0 Å². The fourth-order valence-electron chi connectivity index (χ4n) is 1.89. The summed E-state index contributed by atoms with van der Waals surface area (Å²) in [5, 5.41) is 2.89. The average molecular weight is 320 g/mol. The van der Waals surface area contributed by atoms with Gasteiger partial charge in [-0.15, -0.1) is 0 Å². The molecule has 0 spiro atoms. The van der Waals surface area contributed by atoms with E-state index in [2.05, 4.69) is 20.3 Å². The number of ether oxygens (including phenoxy) is 1. The van der Waals surface area contributed by atoms with Crippen molar-refractivity contribution in [3.05, 3.63) is 22.1 Å². The molecule has 0 bridgehead atoms. The molecule has 0 fully saturated rings. The van der Waals surface area contributed by atoms with E-state index in [0.29, 0.717) is 23.3 Å². The van der Waals surface area contributed by atoms with Crippen molar-refractivity contribution >= 4 is 28.9 Å². The number of carbonyl (C=O) groups excluding carboxylic acids is 2. The van der Waals surface area contributed by atoms with Gasteiger partial charge in [-0.05, 0) is 13.0 Å². The normalized spacial score (nSPS) is 11.5. The van der Waals surface area contributed by atoms with Crippen molar-refractivity contribution in [2.45, 2.75) is 34.1 Å². The van der Waals surface area contributed by atoms with Crippen LogP contribution < -0.4 is 10.9 Å². The number of anilines is 1. The second-order valence-corrected chi connectivity index (χ2v) is 6.16. The third-order valence-electron chi connectivity index (χ3n) is 3.11. The average Bonchev–Trinajstić information content (AvgIpc) is 2.80. The topological polar surface area (TPSA) is 117 Å². The summed E-state index contributed by atoms with van der Waals surface area (Å²) in [6.07, 6.45) is 0.0212. The lowest BCUT2D eigenvalue weighted by Crippen LogP contribution is -2.29. The predicted octanol–water partition coefficient (Wildman–Crippen LogP) is 1.34. The minimum absolute atomic E-state index is 0.0212. The van der Waals surface area contributed by atoms with E-state index in [0.717, 1.165) is 0 Å². The van der Waals surface area contributed by atoms with Crippen molar-refractivity contribution in [1.82, 2.24) is 15.0 Å². The van der Waals surface area contributed by atoms with Crippen LogP contribution in [0.25, 0.3) is 11.0 Å². The largest absolute Gasteiger partial charge is 0.466 e. The summed E-state index contributed by atoms with van der Waals surface area (Å²) < 4.78 is 4.86. The van der Waals surface area contributed by atoms with Gasteiger partial charge in [-0.1, -0.05) is 20.8 Å². The Labute approximate surface area is 132 Å². The highest BCUT2D eigenvalue weighted by atomic mass is 16.5. The van der Waals surface area contributed by atoms with E-state index in [9.17, 15) is 14.4 Å². The van der Waals surface area contributed by atoms with Crippen molar-refractivity contribution in [3.63, 3.8) is 0 Å². The van der Waals surface area contributed by atoms with Crippen molar-refractivity contribution < 1.29 is 14.3 Å². The Morgan fingerprint density at radius 2 is 2.00 bits per heavy atom. The number of nitrogens with one attached hydrogen (secondary N) is 3. The molecule has 0 unspecified atom stereocenters. The molecular weight excluding hydrogens is 300 g/mol. The highest BCUT2D eigenvalue weighted by Gasteiger charge is 2.22. The van der Waals surface area contributed by atoms with Gasteiger partial charge in [0, 0.05) is 11.1 Å². The zero-order valence-electron chi connectivity index (χ0n) is 13.6. The fraction of sp³-hybridized carbons (Fsp3) is 0.467. The SMILES string of the molecule is CCOC(=O)Cc1cc2c(=O)[nH]c(NC(=O)C(C)(C)C)nc2[nH]1. The molecule has 0 radical (unpaired) electrons. The Bertz CT molecular complexity index is 798. The van der Waals surface area contributed by atoms with E-state index in [1.54, 1.807) is 33.8 Å². The van der Waals surface area contributed by atoms with E-state index in [1.807, 2.05) is 0 Å². The van der Waals surface area contributed by atoms with Gasteiger partial charge >= 0.3 is 5.97 Å². The van der Waals surface area contributed by atoms with E-state index in [-0.39, 0.29) is 18.3 Å². The Kier molecular flexibility index (Phi) is 4.53. The number of H-pyrrole nitrogens is 2. The van der Waals surface area contributed by atoms with Gasteiger partial charge in [0.05, 0.1) is 18.4 Å². The molecule has 0 aliphatic carbocycles. The number of amides is 1. The van der Waals surface area contributed by atoms with Crippen LogP contribution in [0, 0.1) is 5.41 Å². The zero-order chi connectivity index (χ0) is 17.2. The number of hydrogen-bond acceptors (Lipinski definition) is 5. The number of hydrogen-bond donors (Lipinski definition) is 3. The maximum Gasteiger partial charge on any atom is 0.311 e. The summed E-state index contributed by atoms with van der Waals surface area (Å²) in [5.41, 5.74) is -0.184. The molecule has 0 atom stereocenters. The molecule has 0 aromatic carbocycles. The smallest absolute Gasteiger partial charge is 0.311 e. The fourth-order valence-corrected chi connectivity index (χ4v) is 1.89. The lowest BCUT2D eigenvalue weighted by Gasteiger charge is -2.16. The molecule has 3 N–H and O–H groups in total. The Hall–Kier alpha value is -2.64. The number of fused-ring (bicyclic) bond motifs is 1. The summed E-state index contributed by atoms with van der Waals surface area (Å²) in [5.74, 6) is -0.595. The molecule has 8 heteroatoms. The van der Waals surface area contributed by atoms with Crippen LogP contribution in [-0.2, 0) is 20.7 Å². The van der Waals surface area contributed by atoms with Crippen LogP contribution in [0.15, 0.2) is 10.9 Å². The molecule has 2 aromatic heterocycles. The van der Waals surface area contributed by atoms with Crippen LogP contribution in [-0.4, -0.2) is 33.4 Å². The Morgan fingerprint density at radius 1 is 1.30 bits per heavy atom. The van der Waals surface area contributed by atoms with Crippen LogP contribution in [0.2, 0.25) is 0 Å². The summed E-state index contributed by atoms with van der Waals surface area (Å²) in [7, 11) is 0. The van der Waals surface area contributed by atoms with Crippen LogP contribution in [0.3, 0.4) is 0 Å². The highest BCUT2D eigenvalue weighted by Crippen LogP contribution is 2.16. The standard InChI is InChI=1S/C15H20N4O4/c1-5-23-10(20)7-8-6-9-11(16-8)17-14(18-12(9)21)19-13(22)15(2,3)4/h6H,5,7H2,1-4H3,(H3,16,17,18,19,21,22). The monoisotopic (exact) mass is 320 g/mol. The molecule has 0 aliphatic rings. The summed E-state index contributed by atoms with van der Waals surface area (Å²) in [6, 6.07) is 1.55. The van der Waals surface area contributed by atoms with Gasteiger partial charge in [-0.2, -0.15) is 4.98 Å². The van der Waals surface area contributed by atoms with Gasteiger partial charge < -0.3 is 9.72 Å². The molecule has 0 saturated heterocycles. The summed E-state index contributed by atoms with van der Waals surface area (Å²) >= 11 is 0. The molecule has 124 valence electrons. The third-order valence-corrected chi connectivity index (χ3v) is 3.11. The van der Waals surface area contributed by atoms with Gasteiger partial charge in [0.1, 0.15) is 5.65 Å². The van der Waals surface area contributed by atoms with E-state index in [1.165, 1.54) is 0 Å². The molecule has 2 aromatic rings. The first-order chi connectivity index (χ1) is 10.7. The van der Waals surface area contributed by atoms with Crippen LogP contribution >= 0.6 is 0 Å². The zero-order valence-corrected chi connectivity index (χ0v) is 13.6. The minimum atomic E-state index is -0.613. The third kappa shape index (κ3) is 3.97. The minimum Gasteiger partial charge on any atom is -0.466 e. The maximum absolute atomic E-state index is 12.1. The maximum atomic E-state index is 12.1. The summed E-state index contributed by atoms with van der Waals surface area (Å²) in [4.78, 5) is 45.1. The number of rotatable bonds is 4. The number of carbonyl (C=O) groups is 2. The second-order valence-electron chi connectivity index (χ2n) is 6.16. The molecule has 0 saturated carbocycles. The van der Waals surface area contributed by atoms with Gasteiger partial charge in [-0.3, -0.25) is 24.7 Å². The van der Waals surface area contributed by atoms with Gasteiger partial charge in [0.25, 0.3) is 5.56 Å². The van der Waals surface area contributed by atoms with Crippen LogP contribution in [0.5, 0.6) is 0 Å². The van der Waals surface area contributed by atoms with Gasteiger partial charge in [0.15, 0.2) is 0 Å². The summed E-state index contributed by atoms with van der Waals surface area (Å²) in [6.45, 7) is 7.28. The van der Waals surface area contributed by atoms with E-state index >= 15 is 0 Å². The highest BCUT2D eigenvalue weighted by molar-refractivity contribution is 5.93. The van der Waals surface area contributed by atoms with Crippen molar-refractivity contribution in [3.8, 4) is 0 Å². The van der Waals surface area contributed by atoms with Crippen molar-refractivity contribution in [1.29, 1.82) is 0 Å².